The maximum atomic E-state index is 13.9. The number of halogens is 1. The largest absolute Gasteiger partial charge is 0.457 e. The third kappa shape index (κ3) is 8.24. The van der Waals surface area contributed by atoms with Crippen molar-refractivity contribution in [3.8, 4) is 11.5 Å². The van der Waals surface area contributed by atoms with Crippen molar-refractivity contribution in [2.24, 2.45) is 0 Å². The van der Waals surface area contributed by atoms with E-state index in [0.717, 1.165) is 36.2 Å². The molecule has 0 radical (unpaired) electrons. The van der Waals surface area contributed by atoms with Gasteiger partial charge in [-0.2, -0.15) is 0 Å². The van der Waals surface area contributed by atoms with Crippen LogP contribution in [0.5, 0.6) is 11.5 Å². The second-order valence-electron chi connectivity index (χ2n) is 10.2. The molecule has 41 heavy (non-hydrogen) atoms. The molecular formula is C31H36ClN3O5S. The highest BCUT2D eigenvalue weighted by Crippen LogP contribution is 2.27. The third-order valence-electron chi connectivity index (χ3n) is 7.17. The molecule has 3 aromatic rings. The number of nitrogens with zero attached hydrogens (tertiary/aromatic N) is 2. The normalized spacial score (nSPS) is 14.3. The number of benzene rings is 3. The zero-order chi connectivity index (χ0) is 29.4. The predicted molar refractivity (Wildman–Crippen MR) is 162 cm³/mol. The van der Waals surface area contributed by atoms with Crippen molar-refractivity contribution < 1.29 is 22.7 Å². The summed E-state index contributed by atoms with van der Waals surface area (Å²) < 4.78 is 32.7. The molecule has 218 valence electrons. The molecule has 0 unspecified atom stereocenters. The fourth-order valence-corrected chi connectivity index (χ4v) is 6.06. The van der Waals surface area contributed by atoms with E-state index in [1.165, 1.54) is 4.90 Å². The fourth-order valence-electron chi connectivity index (χ4n) is 5.02. The number of carbonyl (C=O) groups excluding carboxylic acids is 2. The van der Waals surface area contributed by atoms with Gasteiger partial charge in [0.2, 0.25) is 21.8 Å². The van der Waals surface area contributed by atoms with Crippen LogP contribution in [-0.2, 0) is 26.2 Å². The van der Waals surface area contributed by atoms with Crippen molar-refractivity contribution >= 4 is 39.1 Å². The second kappa shape index (κ2) is 13.9. The number of sulfonamides is 1. The first-order chi connectivity index (χ1) is 19.7. The minimum atomic E-state index is -3.85. The Kier molecular flexibility index (Phi) is 10.3. The van der Waals surface area contributed by atoms with Gasteiger partial charge in [0.25, 0.3) is 0 Å². The zero-order valence-corrected chi connectivity index (χ0v) is 24.9. The van der Waals surface area contributed by atoms with Crippen LogP contribution in [0.25, 0.3) is 0 Å². The fraction of sp³-hybridized carbons (Fsp3) is 0.355. The molecule has 0 bridgehead atoms. The summed E-state index contributed by atoms with van der Waals surface area (Å²) in [7, 11) is -3.85. The first-order valence-electron chi connectivity index (χ1n) is 13.8. The Balaban J connectivity index is 1.59. The van der Waals surface area contributed by atoms with Crippen LogP contribution < -0.4 is 14.4 Å². The van der Waals surface area contributed by atoms with Crippen molar-refractivity contribution in [1.82, 2.24) is 10.2 Å². The molecule has 1 N–H and O–H groups in total. The van der Waals surface area contributed by atoms with Gasteiger partial charge in [0.1, 0.15) is 24.1 Å². The zero-order valence-electron chi connectivity index (χ0n) is 23.3. The minimum Gasteiger partial charge on any atom is -0.457 e. The van der Waals surface area contributed by atoms with Crippen LogP contribution in [0.1, 0.15) is 44.6 Å². The molecule has 1 aliphatic rings. The van der Waals surface area contributed by atoms with E-state index >= 15 is 0 Å². The topological polar surface area (TPSA) is 96.0 Å². The number of rotatable bonds is 12. The second-order valence-corrected chi connectivity index (χ2v) is 12.5. The number of ether oxygens (including phenoxy) is 1. The van der Waals surface area contributed by atoms with Crippen molar-refractivity contribution in [3.63, 3.8) is 0 Å². The van der Waals surface area contributed by atoms with Gasteiger partial charge in [0, 0.05) is 17.6 Å². The predicted octanol–water partition coefficient (Wildman–Crippen LogP) is 5.76. The highest BCUT2D eigenvalue weighted by atomic mass is 35.5. The van der Waals surface area contributed by atoms with Gasteiger partial charge in [-0.3, -0.25) is 13.9 Å². The lowest BCUT2D eigenvalue weighted by Crippen LogP contribution is -2.53. The SMILES string of the molecule is CC[C@H](C(=O)NC1CCCC1)N(Cc1ccccc1Cl)C(=O)CN(c1ccc(Oc2ccccc2)cc1)S(C)(=O)=O. The number of nitrogens with one attached hydrogen (secondary N) is 1. The Morgan fingerprint density at radius 3 is 2.17 bits per heavy atom. The van der Waals surface area contributed by atoms with E-state index in [4.69, 9.17) is 16.3 Å². The van der Waals surface area contributed by atoms with Crippen LogP contribution in [0.4, 0.5) is 5.69 Å². The number of para-hydroxylation sites is 1. The van der Waals surface area contributed by atoms with Gasteiger partial charge in [-0.05, 0) is 67.3 Å². The van der Waals surface area contributed by atoms with Gasteiger partial charge in [0.15, 0.2) is 0 Å². The summed E-state index contributed by atoms with van der Waals surface area (Å²) in [5, 5.41) is 3.56. The Bertz CT molecular complexity index is 1430. The van der Waals surface area contributed by atoms with Crippen LogP contribution in [0, 0.1) is 0 Å². The van der Waals surface area contributed by atoms with E-state index < -0.39 is 28.5 Å². The minimum absolute atomic E-state index is 0.0660. The Hall–Kier alpha value is -3.56. The lowest BCUT2D eigenvalue weighted by Gasteiger charge is -2.33. The van der Waals surface area contributed by atoms with Gasteiger partial charge in [0.05, 0.1) is 11.9 Å². The number of amides is 2. The molecule has 2 amide bonds. The average molecular weight is 598 g/mol. The summed E-state index contributed by atoms with van der Waals surface area (Å²) in [5.41, 5.74) is 0.977. The van der Waals surface area contributed by atoms with Crippen molar-refractivity contribution in [2.45, 2.75) is 57.7 Å². The molecule has 0 aromatic heterocycles. The maximum Gasteiger partial charge on any atom is 0.244 e. The van der Waals surface area contributed by atoms with E-state index in [1.54, 1.807) is 42.5 Å². The van der Waals surface area contributed by atoms with E-state index in [-0.39, 0.29) is 18.5 Å². The number of carbonyl (C=O) groups is 2. The van der Waals surface area contributed by atoms with Gasteiger partial charge < -0.3 is 15.0 Å². The average Bonchev–Trinajstić information content (AvgIpc) is 3.46. The molecule has 0 spiro atoms. The molecule has 1 aliphatic carbocycles. The third-order valence-corrected chi connectivity index (χ3v) is 8.68. The van der Waals surface area contributed by atoms with Crippen molar-refractivity contribution in [3.05, 3.63) is 89.4 Å². The summed E-state index contributed by atoms with van der Waals surface area (Å²) in [4.78, 5) is 28.8. The summed E-state index contributed by atoms with van der Waals surface area (Å²) in [6, 6.07) is 22.1. The van der Waals surface area contributed by atoms with E-state index in [2.05, 4.69) is 5.32 Å². The van der Waals surface area contributed by atoms with Crippen molar-refractivity contribution in [2.75, 3.05) is 17.1 Å². The first kappa shape index (κ1) is 30.4. The van der Waals surface area contributed by atoms with Crippen molar-refractivity contribution in [1.29, 1.82) is 0 Å². The Morgan fingerprint density at radius 1 is 0.951 bits per heavy atom. The van der Waals surface area contributed by atoms with Crippen LogP contribution in [0.15, 0.2) is 78.9 Å². The molecule has 0 heterocycles. The van der Waals surface area contributed by atoms with Gasteiger partial charge in [-0.1, -0.05) is 67.8 Å². The van der Waals surface area contributed by atoms with Crippen LogP contribution in [0.2, 0.25) is 5.02 Å². The molecular weight excluding hydrogens is 562 g/mol. The molecule has 1 atom stereocenters. The molecule has 1 fully saturated rings. The van der Waals surface area contributed by atoms with Gasteiger partial charge in [-0.15, -0.1) is 0 Å². The lowest BCUT2D eigenvalue weighted by atomic mass is 10.1. The summed E-state index contributed by atoms with van der Waals surface area (Å²) in [6.45, 7) is 1.43. The number of hydrogen-bond acceptors (Lipinski definition) is 5. The molecule has 8 nitrogen and oxygen atoms in total. The van der Waals surface area contributed by atoms with E-state index in [1.807, 2.05) is 43.3 Å². The summed E-state index contributed by atoms with van der Waals surface area (Å²) in [6.07, 6.45) is 5.35. The monoisotopic (exact) mass is 597 g/mol. The van der Waals surface area contributed by atoms with Crippen LogP contribution in [0.3, 0.4) is 0 Å². The smallest absolute Gasteiger partial charge is 0.244 e. The van der Waals surface area contributed by atoms with Crippen LogP contribution in [-0.4, -0.2) is 50.0 Å². The number of hydrogen-bond donors (Lipinski definition) is 1. The summed E-state index contributed by atoms with van der Waals surface area (Å²) >= 11 is 6.43. The Morgan fingerprint density at radius 2 is 1.56 bits per heavy atom. The standard InChI is InChI=1S/C31H36ClN3O5S/c1-3-29(31(37)33-24-12-8-9-13-24)34(21-23-11-7-10-16-28(23)32)30(36)22-35(41(2,38)39)25-17-19-27(20-18-25)40-26-14-5-4-6-15-26/h4-7,10-11,14-20,24,29H,3,8-9,12-13,21-22H2,1-2H3,(H,33,37)/t29-/m1/s1. The molecule has 0 saturated heterocycles. The first-order valence-corrected chi connectivity index (χ1v) is 16.0. The van der Waals surface area contributed by atoms with Gasteiger partial charge >= 0.3 is 0 Å². The van der Waals surface area contributed by atoms with E-state index in [0.29, 0.717) is 34.2 Å². The summed E-state index contributed by atoms with van der Waals surface area (Å²) in [5.74, 6) is 0.420. The van der Waals surface area contributed by atoms with Crippen LogP contribution >= 0.6 is 11.6 Å². The number of anilines is 1. The lowest BCUT2D eigenvalue weighted by molar-refractivity contribution is -0.140. The molecule has 4 rings (SSSR count). The highest BCUT2D eigenvalue weighted by molar-refractivity contribution is 7.92. The molecule has 10 heteroatoms. The molecule has 0 aliphatic heterocycles. The maximum absolute atomic E-state index is 13.9. The molecule has 3 aromatic carbocycles. The quantitative estimate of drug-likeness (QED) is 0.286. The molecule has 1 saturated carbocycles. The Labute approximate surface area is 247 Å². The van der Waals surface area contributed by atoms with E-state index in [9.17, 15) is 18.0 Å². The highest BCUT2D eigenvalue weighted by Gasteiger charge is 2.33. The van der Waals surface area contributed by atoms with Gasteiger partial charge in [-0.25, -0.2) is 8.42 Å².